The molecule has 5 rings (SSSR count). The van der Waals surface area contributed by atoms with Crippen molar-refractivity contribution in [1.82, 2.24) is 30.1 Å². The van der Waals surface area contributed by atoms with Gasteiger partial charge >= 0.3 is 0 Å². The second-order valence-corrected chi connectivity index (χ2v) is 8.49. The zero-order valence-corrected chi connectivity index (χ0v) is 18.0. The van der Waals surface area contributed by atoms with Gasteiger partial charge in [0.2, 0.25) is 0 Å². The number of pyridine rings is 1. The standard InChI is InChI=1S/C24H26N6O2/c1-16-7-8-18-14-20(24(32)25-21(18)13-16)22(29-11-9-19(31)10-12-29)23-26-27-28-30(23)15-17-5-3-2-4-6-17/h2-8,13-14,19,22,31H,9-12,15H2,1H3,(H,25,32). The molecule has 2 N–H and O–H groups in total. The maximum atomic E-state index is 13.2. The van der Waals surface area contributed by atoms with E-state index in [1.807, 2.05) is 61.5 Å². The minimum atomic E-state index is -0.407. The first-order valence-electron chi connectivity index (χ1n) is 10.9. The Labute approximate surface area is 185 Å². The number of fused-ring (bicyclic) bond motifs is 1. The van der Waals surface area contributed by atoms with Gasteiger partial charge < -0.3 is 10.1 Å². The highest BCUT2D eigenvalue weighted by Crippen LogP contribution is 2.29. The summed E-state index contributed by atoms with van der Waals surface area (Å²) in [5.74, 6) is 0.627. The molecule has 0 saturated carbocycles. The van der Waals surface area contributed by atoms with Crippen LogP contribution in [0.1, 0.15) is 41.4 Å². The molecule has 2 aromatic heterocycles. The van der Waals surface area contributed by atoms with Gasteiger partial charge in [-0.15, -0.1) is 5.10 Å². The van der Waals surface area contributed by atoms with Gasteiger partial charge in [-0.2, -0.15) is 0 Å². The maximum Gasteiger partial charge on any atom is 0.253 e. The second kappa shape index (κ2) is 8.64. The lowest BCUT2D eigenvalue weighted by Gasteiger charge is -2.35. The van der Waals surface area contributed by atoms with Crippen molar-refractivity contribution in [1.29, 1.82) is 0 Å². The Kier molecular flexibility index (Phi) is 5.55. The zero-order chi connectivity index (χ0) is 22.1. The van der Waals surface area contributed by atoms with Gasteiger partial charge in [-0.3, -0.25) is 9.69 Å². The Bertz CT molecular complexity index is 1270. The van der Waals surface area contributed by atoms with E-state index in [0.717, 1.165) is 22.0 Å². The van der Waals surface area contributed by atoms with E-state index in [1.54, 1.807) is 4.68 Å². The SMILES string of the molecule is Cc1ccc2cc(C(c3nnnn3Cc3ccccc3)N3CCC(O)CC3)c(=O)[nH]c2c1. The summed E-state index contributed by atoms with van der Waals surface area (Å²) in [5, 5.41) is 23.6. The number of aromatic amines is 1. The zero-order valence-electron chi connectivity index (χ0n) is 18.0. The van der Waals surface area contributed by atoms with Crippen molar-refractivity contribution in [2.75, 3.05) is 13.1 Å². The van der Waals surface area contributed by atoms with Gasteiger partial charge in [-0.25, -0.2) is 4.68 Å². The quantitative estimate of drug-likeness (QED) is 0.504. The van der Waals surface area contributed by atoms with E-state index in [9.17, 15) is 9.90 Å². The van der Waals surface area contributed by atoms with Crippen LogP contribution in [-0.4, -0.2) is 54.4 Å². The fourth-order valence-electron chi connectivity index (χ4n) is 4.45. The van der Waals surface area contributed by atoms with Crippen LogP contribution in [0.25, 0.3) is 10.9 Å². The van der Waals surface area contributed by atoms with Crippen LogP contribution in [0.3, 0.4) is 0 Å². The molecule has 1 atom stereocenters. The fraction of sp³-hybridized carbons (Fsp3) is 0.333. The monoisotopic (exact) mass is 430 g/mol. The Balaban J connectivity index is 1.61. The summed E-state index contributed by atoms with van der Waals surface area (Å²) >= 11 is 0. The number of aromatic nitrogens is 5. The predicted molar refractivity (Wildman–Crippen MR) is 121 cm³/mol. The van der Waals surface area contributed by atoms with Gasteiger partial charge in [0, 0.05) is 24.2 Å². The Morgan fingerprint density at radius 1 is 1.12 bits per heavy atom. The van der Waals surface area contributed by atoms with E-state index in [0.29, 0.717) is 43.9 Å². The first-order chi connectivity index (χ1) is 15.6. The molecule has 0 aliphatic carbocycles. The number of piperidine rings is 1. The number of likely N-dealkylation sites (tertiary alicyclic amines) is 1. The lowest BCUT2D eigenvalue weighted by atomic mass is 9.99. The number of aliphatic hydroxyl groups excluding tert-OH is 1. The summed E-state index contributed by atoms with van der Waals surface area (Å²) in [6, 6.07) is 17.6. The number of H-pyrrole nitrogens is 1. The van der Waals surface area contributed by atoms with Gasteiger partial charge in [0.25, 0.3) is 5.56 Å². The highest BCUT2D eigenvalue weighted by Gasteiger charge is 2.32. The molecule has 1 unspecified atom stereocenters. The first kappa shape index (κ1) is 20.5. The number of aryl methyl sites for hydroxylation is 1. The molecular formula is C24H26N6O2. The number of nitrogens with one attached hydrogen (secondary N) is 1. The van der Waals surface area contributed by atoms with Crippen molar-refractivity contribution in [2.24, 2.45) is 0 Å². The average Bonchev–Trinajstić information content (AvgIpc) is 3.24. The lowest BCUT2D eigenvalue weighted by molar-refractivity contribution is 0.0659. The largest absolute Gasteiger partial charge is 0.393 e. The molecule has 0 amide bonds. The summed E-state index contributed by atoms with van der Waals surface area (Å²) in [6.45, 7) is 3.84. The molecule has 1 saturated heterocycles. The number of tetrazole rings is 1. The molecule has 3 heterocycles. The molecule has 8 heteroatoms. The molecule has 0 bridgehead atoms. The van der Waals surface area contributed by atoms with Crippen molar-refractivity contribution in [3.05, 3.63) is 87.5 Å². The molecule has 4 aromatic rings. The minimum Gasteiger partial charge on any atom is -0.393 e. The number of hydrogen-bond donors (Lipinski definition) is 2. The van der Waals surface area contributed by atoms with Crippen LogP contribution in [0.2, 0.25) is 0 Å². The normalized spacial score (nSPS) is 16.4. The average molecular weight is 431 g/mol. The molecule has 2 aromatic carbocycles. The lowest BCUT2D eigenvalue weighted by Crippen LogP contribution is -2.41. The molecule has 0 spiro atoms. The summed E-state index contributed by atoms with van der Waals surface area (Å²) in [7, 11) is 0. The minimum absolute atomic E-state index is 0.145. The second-order valence-electron chi connectivity index (χ2n) is 8.49. The molecular weight excluding hydrogens is 404 g/mol. The van der Waals surface area contributed by atoms with Crippen LogP contribution in [0, 0.1) is 6.92 Å². The number of nitrogens with zero attached hydrogens (tertiary/aromatic N) is 5. The van der Waals surface area contributed by atoms with Crippen molar-refractivity contribution < 1.29 is 5.11 Å². The maximum absolute atomic E-state index is 13.2. The van der Waals surface area contributed by atoms with Gasteiger partial charge in [0.15, 0.2) is 5.82 Å². The molecule has 0 radical (unpaired) electrons. The number of benzene rings is 2. The molecule has 1 fully saturated rings. The van der Waals surface area contributed by atoms with Gasteiger partial charge in [-0.1, -0.05) is 42.5 Å². The number of hydrogen-bond acceptors (Lipinski definition) is 6. The van der Waals surface area contributed by atoms with E-state index >= 15 is 0 Å². The number of aliphatic hydroxyl groups is 1. The summed E-state index contributed by atoms with van der Waals surface area (Å²) in [4.78, 5) is 18.5. The molecule has 164 valence electrons. The van der Waals surface area contributed by atoms with E-state index < -0.39 is 6.04 Å². The van der Waals surface area contributed by atoms with Crippen LogP contribution in [0.15, 0.2) is 59.4 Å². The number of rotatable bonds is 5. The molecule has 1 aliphatic rings. The summed E-state index contributed by atoms with van der Waals surface area (Å²) < 4.78 is 1.77. The van der Waals surface area contributed by atoms with Crippen LogP contribution >= 0.6 is 0 Å². The molecule has 8 nitrogen and oxygen atoms in total. The smallest absolute Gasteiger partial charge is 0.253 e. The van der Waals surface area contributed by atoms with Crippen LogP contribution in [0.5, 0.6) is 0 Å². The van der Waals surface area contributed by atoms with Gasteiger partial charge in [0.05, 0.1) is 12.6 Å². The first-order valence-corrected chi connectivity index (χ1v) is 10.9. The highest BCUT2D eigenvalue weighted by molar-refractivity contribution is 5.79. The van der Waals surface area contributed by atoms with Crippen LogP contribution in [0.4, 0.5) is 0 Å². The third-order valence-electron chi connectivity index (χ3n) is 6.17. The van der Waals surface area contributed by atoms with Crippen molar-refractivity contribution in [2.45, 2.75) is 38.5 Å². The Morgan fingerprint density at radius 3 is 2.69 bits per heavy atom. The molecule has 1 aliphatic heterocycles. The third-order valence-corrected chi connectivity index (χ3v) is 6.17. The Hall–Kier alpha value is -3.36. The topological polar surface area (TPSA) is 99.9 Å². The van der Waals surface area contributed by atoms with Crippen molar-refractivity contribution in [3.8, 4) is 0 Å². The van der Waals surface area contributed by atoms with Crippen LogP contribution < -0.4 is 5.56 Å². The van der Waals surface area contributed by atoms with Crippen molar-refractivity contribution >= 4 is 10.9 Å². The van der Waals surface area contributed by atoms with Crippen molar-refractivity contribution in [3.63, 3.8) is 0 Å². The van der Waals surface area contributed by atoms with E-state index in [-0.39, 0.29) is 11.7 Å². The predicted octanol–water partition coefficient (Wildman–Crippen LogP) is 2.42. The molecule has 32 heavy (non-hydrogen) atoms. The summed E-state index contributed by atoms with van der Waals surface area (Å²) in [5.41, 5.74) is 3.46. The van der Waals surface area contributed by atoms with Gasteiger partial charge in [-0.05, 0) is 58.8 Å². The highest BCUT2D eigenvalue weighted by atomic mass is 16.3. The van der Waals surface area contributed by atoms with Crippen LogP contribution in [-0.2, 0) is 6.54 Å². The van der Waals surface area contributed by atoms with E-state index in [4.69, 9.17) is 0 Å². The van der Waals surface area contributed by atoms with E-state index in [1.165, 1.54) is 0 Å². The van der Waals surface area contributed by atoms with Gasteiger partial charge in [0.1, 0.15) is 6.04 Å². The summed E-state index contributed by atoms with van der Waals surface area (Å²) in [6.07, 6.45) is 0.994. The Morgan fingerprint density at radius 2 is 1.91 bits per heavy atom. The van der Waals surface area contributed by atoms with E-state index in [2.05, 4.69) is 25.4 Å². The third kappa shape index (κ3) is 4.06. The fourth-order valence-corrected chi connectivity index (χ4v) is 4.45.